The molecule has 0 spiro atoms. The van der Waals surface area contributed by atoms with Crippen LogP contribution in [0.4, 0.5) is 5.69 Å². The number of anilines is 1. The van der Waals surface area contributed by atoms with Gasteiger partial charge in [-0.05, 0) is 49.1 Å². The topological polar surface area (TPSA) is 148 Å². The first-order chi connectivity index (χ1) is 17.4. The molecule has 0 saturated carbocycles. The quantitative estimate of drug-likeness (QED) is 0.359. The molecule has 2 aromatic rings. The summed E-state index contributed by atoms with van der Waals surface area (Å²) < 4.78 is 0. The lowest BCUT2D eigenvalue weighted by Crippen LogP contribution is -2.54. The highest BCUT2D eigenvalue weighted by Crippen LogP contribution is 2.32. The summed E-state index contributed by atoms with van der Waals surface area (Å²) in [5, 5.41) is 17.1. The summed E-state index contributed by atoms with van der Waals surface area (Å²) in [6.07, 6.45) is 1.82. The van der Waals surface area contributed by atoms with Gasteiger partial charge < -0.3 is 10.6 Å². The molecule has 1 saturated heterocycles. The number of nitrogens with one attached hydrogen (secondary N) is 3. The van der Waals surface area contributed by atoms with Gasteiger partial charge in [0.2, 0.25) is 17.7 Å². The van der Waals surface area contributed by atoms with Crippen LogP contribution in [0.25, 0.3) is 0 Å². The standard InChI is InChI=1S/C26H25N5O5/c27-15-17-8-6-16(7-9-17)14-22(33)29-13-2-1-12-28-19-5-3-4-18-23(19)26(36)31(25(18)35)20-10-11-21(32)30-24(20)34/h3-9,20,28H,1-2,10-14H2,(H,29,33)(H,30,32,34). The van der Waals surface area contributed by atoms with Crippen LogP contribution in [-0.2, 0) is 20.8 Å². The van der Waals surface area contributed by atoms with Crippen LogP contribution in [0.5, 0.6) is 0 Å². The maximum Gasteiger partial charge on any atom is 0.264 e. The second kappa shape index (κ2) is 10.8. The Labute approximate surface area is 207 Å². The maximum absolute atomic E-state index is 13.1. The van der Waals surface area contributed by atoms with Crippen LogP contribution < -0.4 is 16.0 Å². The van der Waals surface area contributed by atoms with Crippen molar-refractivity contribution in [2.24, 2.45) is 0 Å². The highest BCUT2D eigenvalue weighted by atomic mass is 16.2. The Balaban J connectivity index is 1.26. The summed E-state index contributed by atoms with van der Waals surface area (Å²) in [6, 6.07) is 12.8. The van der Waals surface area contributed by atoms with Crippen molar-refractivity contribution in [2.75, 3.05) is 18.4 Å². The molecule has 0 aromatic heterocycles. The summed E-state index contributed by atoms with van der Waals surface area (Å²) in [7, 11) is 0. The number of carbonyl (C=O) groups excluding carboxylic acids is 5. The van der Waals surface area contributed by atoms with Crippen LogP contribution in [0.2, 0.25) is 0 Å². The molecule has 2 aliphatic heterocycles. The summed E-state index contributed by atoms with van der Waals surface area (Å²) in [5.74, 6) is -2.26. The number of piperidine rings is 1. The third-order valence-electron chi connectivity index (χ3n) is 6.16. The van der Waals surface area contributed by atoms with Crippen molar-refractivity contribution >= 4 is 35.2 Å². The highest BCUT2D eigenvalue weighted by Gasteiger charge is 2.45. The van der Waals surface area contributed by atoms with Crippen LogP contribution in [-0.4, -0.2) is 53.6 Å². The monoisotopic (exact) mass is 487 g/mol. The van der Waals surface area contributed by atoms with E-state index in [1.54, 1.807) is 42.5 Å². The van der Waals surface area contributed by atoms with Gasteiger partial charge in [-0.25, -0.2) is 0 Å². The van der Waals surface area contributed by atoms with Gasteiger partial charge in [0.25, 0.3) is 11.8 Å². The van der Waals surface area contributed by atoms with Crippen molar-refractivity contribution in [2.45, 2.75) is 38.1 Å². The molecule has 2 aliphatic rings. The number of benzene rings is 2. The molecule has 0 bridgehead atoms. The van der Waals surface area contributed by atoms with E-state index in [1.165, 1.54) is 0 Å². The molecule has 36 heavy (non-hydrogen) atoms. The minimum atomic E-state index is -1.00. The van der Waals surface area contributed by atoms with Crippen LogP contribution in [0.1, 0.15) is 57.5 Å². The van der Waals surface area contributed by atoms with E-state index >= 15 is 0 Å². The largest absolute Gasteiger partial charge is 0.384 e. The van der Waals surface area contributed by atoms with Crippen LogP contribution >= 0.6 is 0 Å². The molecule has 184 valence electrons. The fourth-order valence-electron chi connectivity index (χ4n) is 4.31. The number of unbranched alkanes of at least 4 members (excludes halogenated alkanes) is 1. The second-order valence-corrected chi connectivity index (χ2v) is 8.64. The van der Waals surface area contributed by atoms with Gasteiger partial charge in [0.15, 0.2) is 0 Å². The van der Waals surface area contributed by atoms with Crippen molar-refractivity contribution in [3.05, 3.63) is 64.7 Å². The molecule has 10 nitrogen and oxygen atoms in total. The number of imide groups is 2. The molecule has 5 amide bonds. The lowest BCUT2D eigenvalue weighted by Gasteiger charge is -2.27. The first-order valence-electron chi connectivity index (χ1n) is 11.7. The Morgan fingerprint density at radius 2 is 1.78 bits per heavy atom. The Bertz CT molecular complexity index is 1260. The van der Waals surface area contributed by atoms with Crippen molar-refractivity contribution in [1.82, 2.24) is 15.5 Å². The SMILES string of the molecule is N#Cc1ccc(CC(=O)NCCCCNc2cccc3c2C(=O)N(C2CCC(=O)NC2=O)C3=O)cc1. The van der Waals surface area contributed by atoms with Gasteiger partial charge in [0.05, 0.1) is 29.2 Å². The first-order valence-corrected chi connectivity index (χ1v) is 11.7. The average Bonchev–Trinajstić information content (AvgIpc) is 3.12. The third-order valence-corrected chi connectivity index (χ3v) is 6.16. The Morgan fingerprint density at radius 1 is 1.03 bits per heavy atom. The molecule has 4 rings (SSSR count). The van der Waals surface area contributed by atoms with Gasteiger partial charge in [-0.2, -0.15) is 5.26 Å². The van der Waals surface area contributed by atoms with Crippen LogP contribution in [0, 0.1) is 11.3 Å². The van der Waals surface area contributed by atoms with E-state index in [2.05, 4.69) is 16.0 Å². The Kier molecular flexibility index (Phi) is 7.39. The molecule has 1 fully saturated rings. The normalized spacial score (nSPS) is 16.9. The van der Waals surface area contributed by atoms with E-state index < -0.39 is 29.7 Å². The summed E-state index contributed by atoms with van der Waals surface area (Å²) >= 11 is 0. The van der Waals surface area contributed by atoms with Crippen LogP contribution in [0.3, 0.4) is 0 Å². The van der Waals surface area contributed by atoms with Crippen molar-refractivity contribution < 1.29 is 24.0 Å². The molecule has 1 atom stereocenters. The number of carbonyl (C=O) groups is 5. The fraction of sp³-hybridized carbons (Fsp3) is 0.308. The third kappa shape index (κ3) is 5.25. The van der Waals surface area contributed by atoms with Crippen molar-refractivity contribution in [3.8, 4) is 6.07 Å². The number of amides is 5. The zero-order valence-electron chi connectivity index (χ0n) is 19.5. The number of rotatable bonds is 9. The maximum atomic E-state index is 13.1. The minimum Gasteiger partial charge on any atom is -0.384 e. The van der Waals surface area contributed by atoms with Gasteiger partial charge in [-0.15, -0.1) is 0 Å². The molecular weight excluding hydrogens is 462 g/mol. The predicted molar refractivity (Wildman–Crippen MR) is 129 cm³/mol. The zero-order chi connectivity index (χ0) is 25.7. The summed E-state index contributed by atoms with van der Waals surface area (Å²) in [5.41, 5.74) is 2.33. The Morgan fingerprint density at radius 3 is 2.50 bits per heavy atom. The second-order valence-electron chi connectivity index (χ2n) is 8.64. The zero-order valence-corrected chi connectivity index (χ0v) is 19.5. The van der Waals surface area contributed by atoms with Gasteiger partial charge in [0, 0.05) is 25.2 Å². The molecule has 0 aliphatic carbocycles. The van der Waals surface area contributed by atoms with Gasteiger partial charge in [-0.3, -0.25) is 34.2 Å². The highest BCUT2D eigenvalue weighted by molar-refractivity contribution is 6.25. The van der Waals surface area contributed by atoms with Crippen molar-refractivity contribution in [1.29, 1.82) is 5.26 Å². The van der Waals surface area contributed by atoms with E-state index in [4.69, 9.17) is 5.26 Å². The lowest BCUT2D eigenvalue weighted by molar-refractivity contribution is -0.136. The van der Waals surface area contributed by atoms with Crippen LogP contribution in [0.15, 0.2) is 42.5 Å². The van der Waals surface area contributed by atoms with Gasteiger partial charge in [0.1, 0.15) is 6.04 Å². The average molecular weight is 488 g/mol. The Hall–Kier alpha value is -4.52. The molecule has 2 heterocycles. The van der Waals surface area contributed by atoms with E-state index in [9.17, 15) is 24.0 Å². The minimum absolute atomic E-state index is 0.0684. The van der Waals surface area contributed by atoms with E-state index in [0.717, 1.165) is 10.5 Å². The predicted octanol–water partition coefficient (Wildman–Crippen LogP) is 1.51. The van der Waals surface area contributed by atoms with Gasteiger partial charge in [-0.1, -0.05) is 18.2 Å². The summed E-state index contributed by atoms with van der Waals surface area (Å²) in [4.78, 5) is 62.7. The number of hydrogen-bond donors (Lipinski definition) is 3. The molecule has 1 unspecified atom stereocenters. The number of hydrogen-bond acceptors (Lipinski definition) is 7. The summed E-state index contributed by atoms with van der Waals surface area (Å²) in [6.45, 7) is 1.01. The molecule has 3 N–H and O–H groups in total. The molecule has 2 aromatic carbocycles. The molecular formula is C26H25N5O5. The lowest BCUT2D eigenvalue weighted by atomic mass is 10.0. The van der Waals surface area contributed by atoms with Crippen molar-refractivity contribution in [3.63, 3.8) is 0 Å². The number of nitrogens with zero attached hydrogens (tertiary/aromatic N) is 2. The first kappa shape index (κ1) is 24.6. The van der Waals surface area contributed by atoms with E-state index in [1.807, 2.05) is 6.07 Å². The molecule has 10 heteroatoms. The molecule has 0 radical (unpaired) electrons. The van der Waals surface area contributed by atoms with E-state index in [0.29, 0.717) is 37.2 Å². The van der Waals surface area contributed by atoms with Gasteiger partial charge >= 0.3 is 0 Å². The number of nitriles is 1. The number of fused-ring (bicyclic) bond motifs is 1. The fourth-order valence-corrected chi connectivity index (χ4v) is 4.31. The van der Waals surface area contributed by atoms with E-state index in [-0.39, 0.29) is 36.3 Å². The smallest absolute Gasteiger partial charge is 0.264 e.